The minimum atomic E-state index is -0.811. The van der Waals surface area contributed by atoms with Crippen LogP contribution in [-0.2, 0) is 4.79 Å². The standard InChI is InChI=1S/C8H12O2/c1-5-3-7(6(5)2)4-8(9)10/h4-6H,3H2,1-2H3,(H,9,10)/b7-4+. The first-order valence-electron chi connectivity index (χ1n) is 3.54. The predicted molar refractivity (Wildman–Crippen MR) is 38.7 cm³/mol. The molecule has 2 atom stereocenters. The van der Waals surface area contributed by atoms with Gasteiger partial charge in [-0.3, -0.25) is 0 Å². The first kappa shape index (κ1) is 7.32. The topological polar surface area (TPSA) is 37.3 Å². The number of hydrogen-bond acceptors (Lipinski definition) is 1. The summed E-state index contributed by atoms with van der Waals surface area (Å²) in [6.07, 6.45) is 2.30. The average Bonchev–Trinajstić information content (AvgIpc) is 1.86. The van der Waals surface area contributed by atoms with Crippen molar-refractivity contribution in [2.24, 2.45) is 11.8 Å². The number of aliphatic carboxylic acids is 1. The zero-order chi connectivity index (χ0) is 7.72. The zero-order valence-corrected chi connectivity index (χ0v) is 6.29. The lowest BCUT2D eigenvalue weighted by Gasteiger charge is -2.34. The van der Waals surface area contributed by atoms with E-state index in [2.05, 4.69) is 13.8 Å². The van der Waals surface area contributed by atoms with Crippen molar-refractivity contribution < 1.29 is 9.90 Å². The molecule has 0 aromatic rings. The Kier molecular flexibility index (Phi) is 1.79. The summed E-state index contributed by atoms with van der Waals surface area (Å²) in [5, 5.41) is 8.38. The van der Waals surface area contributed by atoms with Crippen LogP contribution in [0.1, 0.15) is 20.3 Å². The molecule has 0 saturated heterocycles. The van der Waals surface area contributed by atoms with Crippen molar-refractivity contribution >= 4 is 5.97 Å². The maximum absolute atomic E-state index is 10.2. The Morgan fingerprint density at radius 2 is 2.30 bits per heavy atom. The molecular formula is C8H12O2. The fourth-order valence-corrected chi connectivity index (χ4v) is 1.29. The molecule has 0 amide bonds. The highest BCUT2D eigenvalue weighted by atomic mass is 16.4. The Bertz CT molecular complexity index is 182. The largest absolute Gasteiger partial charge is 0.478 e. The Labute approximate surface area is 60.6 Å². The van der Waals surface area contributed by atoms with Crippen LogP contribution in [-0.4, -0.2) is 11.1 Å². The van der Waals surface area contributed by atoms with Crippen LogP contribution in [0.25, 0.3) is 0 Å². The van der Waals surface area contributed by atoms with Gasteiger partial charge in [-0.2, -0.15) is 0 Å². The van der Waals surface area contributed by atoms with E-state index >= 15 is 0 Å². The molecule has 1 aliphatic carbocycles. The SMILES string of the molecule is CC1C/C(=C\C(=O)O)C1C. The Morgan fingerprint density at radius 3 is 2.60 bits per heavy atom. The van der Waals surface area contributed by atoms with Gasteiger partial charge < -0.3 is 5.11 Å². The van der Waals surface area contributed by atoms with E-state index in [1.165, 1.54) is 6.08 Å². The van der Waals surface area contributed by atoms with Crippen LogP contribution >= 0.6 is 0 Å². The normalized spacial score (nSPS) is 35.6. The number of carboxylic acids is 1. The second-order valence-corrected chi connectivity index (χ2v) is 3.03. The first-order valence-corrected chi connectivity index (χ1v) is 3.54. The number of carboxylic acid groups (broad SMARTS) is 1. The van der Waals surface area contributed by atoms with Gasteiger partial charge in [0.1, 0.15) is 0 Å². The molecule has 0 radical (unpaired) electrons. The van der Waals surface area contributed by atoms with Crippen LogP contribution in [0.2, 0.25) is 0 Å². The molecule has 2 heteroatoms. The van der Waals surface area contributed by atoms with Crippen molar-refractivity contribution in [3.63, 3.8) is 0 Å². The van der Waals surface area contributed by atoms with Gasteiger partial charge >= 0.3 is 5.97 Å². The Morgan fingerprint density at radius 1 is 1.70 bits per heavy atom. The molecule has 0 bridgehead atoms. The van der Waals surface area contributed by atoms with Crippen molar-refractivity contribution in [1.82, 2.24) is 0 Å². The number of allylic oxidation sites excluding steroid dienone is 1. The van der Waals surface area contributed by atoms with Gasteiger partial charge in [0, 0.05) is 6.08 Å². The second kappa shape index (κ2) is 2.45. The van der Waals surface area contributed by atoms with Crippen LogP contribution in [0.5, 0.6) is 0 Å². The minimum Gasteiger partial charge on any atom is -0.478 e. The third-order valence-corrected chi connectivity index (χ3v) is 2.30. The van der Waals surface area contributed by atoms with Crippen molar-refractivity contribution in [2.75, 3.05) is 0 Å². The highest BCUT2D eigenvalue weighted by molar-refractivity contribution is 5.81. The lowest BCUT2D eigenvalue weighted by atomic mass is 9.71. The van der Waals surface area contributed by atoms with Gasteiger partial charge in [-0.05, 0) is 18.3 Å². The molecule has 1 aliphatic rings. The molecule has 56 valence electrons. The molecule has 2 nitrogen and oxygen atoms in total. The summed E-state index contributed by atoms with van der Waals surface area (Å²) < 4.78 is 0. The molecule has 10 heavy (non-hydrogen) atoms. The monoisotopic (exact) mass is 140 g/mol. The fourth-order valence-electron chi connectivity index (χ4n) is 1.29. The molecule has 0 aromatic carbocycles. The van der Waals surface area contributed by atoms with E-state index in [1.807, 2.05) is 0 Å². The van der Waals surface area contributed by atoms with E-state index in [9.17, 15) is 4.79 Å². The van der Waals surface area contributed by atoms with Crippen LogP contribution in [0.15, 0.2) is 11.6 Å². The van der Waals surface area contributed by atoms with E-state index in [0.29, 0.717) is 11.8 Å². The highest BCUT2D eigenvalue weighted by Crippen LogP contribution is 2.38. The van der Waals surface area contributed by atoms with Gasteiger partial charge in [0.05, 0.1) is 0 Å². The average molecular weight is 140 g/mol. The summed E-state index contributed by atoms with van der Waals surface area (Å²) in [4.78, 5) is 10.2. The predicted octanol–water partition coefficient (Wildman–Crippen LogP) is 1.67. The van der Waals surface area contributed by atoms with Gasteiger partial charge in [-0.1, -0.05) is 19.4 Å². The molecule has 0 spiro atoms. The fraction of sp³-hybridized carbons (Fsp3) is 0.625. The molecule has 0 aliphatic heterocycles. The first-order chi connectivity index (χ1) is 4.61. The summed E-state index contributed by atoms with van der Waals surface area (Å²) in [7, 11) is 0. The molecule has 1 rings (SSSR count). The third kappa shape index (κ3) is 1.20. The smallest absolute Gasteiger partial charge is 0.328 e. The van der Waals surface area contributed by atoms with Gasteiger partial charge in [0.25, 0.3) is 0 Å². The van der Waals surface area contributed by atoms with Crippen LogP contribution in [0.4, 0.5) is 0 Å². The van der Waals surface area contributed by atoms with Crippen LogP contribution < -0.4 is 0 Å². The number of rotatable bonds is 1. The molecular weight excluding hydrogens is 128 g/mol. The van der Waals surface area contributed by atoms with E-state index in [0.717, 1.165) is 12.0 Å². The molecule has 0 heterocycles. The van der Waals surface area contributed by atoms with E-state index < -0.39 is 5.97 Å². The maximum atomic E-state index is 10.2. The quantitative estimate of drug-likeness (QED) is 0.562. The number of carbonyl (C=O) groups is 1. The van der Waals surface area contributed by atoms with E-state index in [4.69, 9.17) is 5.11 Å². The summed E-state index contributed by atoms with van der Waals surface area (Å²) in [5.41, 5.74) is 1.08. The third-order valence-electron chi connectivity index (χ3n) is 2.30. The van der Waals surface area contributed by atoms with Gasteiger partial charge in [-0.25, -0.2) is 4.79 Å². The van der Waals surface area contributed by atoms with Gasteiger partial charge in [-0.15, -0.1) is 0 Å². The minimum absolute atomic E-state index is 0.482. The lowest BCUT2D eigenvalue weighted by molar-refractivity contribution is -0.131. The molecule has 2 unspecified atom stereocenters. The van der Waals surface area contributed by atoms with Crippen LogP contribution in [0.3, 0.4) is 0 Å². The zero-order valence-electron chi connectivity index (χ0n) is 6.29. The van der Waals surface area contributed by atoms with Crippen molar-refractivity contribution in [3.05, 3.63) is 11.6 Å². The Balaban J connectivity index is 2.54. The lowest BCUT2D eigenvalue weighted by Crippen LogP contribution is -2.24. The van der Waals surface area contributed by atoms with E-state index in [-0.39, 0.29) is 0 Å². The van der Waals surface area contributed by atoms with Gasteiger partial charge in [0.2, 0.25) is 0 Å². The molecule has 1 N–H and O–H groups in total. The van der Waals surface area contributed by atoms with Gasteiger partial charge in [0.15, 0.2) is 0 Å². The second-order valence-electron chi connectivity index (χ2n) is 3.03. The molecule has 1 fully saturated rings. The summed E-state index contributed by atoms with van der Waals surface area (Å²) in [6.45, 7) is 4.22. The van der Waals surface area contributed by atoms with Crippen molar-refractivity contribution in [2.45, 2.75) is 20.3 Å². The highest BCUT2D eigenvalue weighted by Gasteiger charge is 2.28. The summed E-state index contributed by atoms with van der Waals surface area (Å²) >= 11 is 0. The molecule has 0 aromatic heterocycles. The van der Waals surface area contributed by atoms with E-state index in [1.54, 1.807) is 0 Å². The molecule has 1 saturated carbocycles. The van der Waals surface area contributed by atoms with Crippen molar-refractivity contribution in [1.29, 1.82) is 0 Å². The van der Waals surface area contributed by atoms with Crippen molar-refractivity contribution in [3.8, 4) is 0 Å². The summed E-state index contributed by atoms with van der Waals surface area (Å²) in [6, 6.07) is 0. The number of hydrogen-bond donors (Lipinski definition) is 1. The summed E-state index contributed by atoms with van der Waals surface area (Å²) in [5.74, 6) is 0.343. The Hall–Kier alpha value is -0.790. The maximum Gasteiger partial charge on any atom is 0.328 e. The van der Waals surface area contributed by atoms with Crippen LogP contribution in [0, 0.1) is 11.8 Å².